The Labute approximate surface area is 179 Å². The zero-order chi connectivity index (χ0) is 21.3. The highest BCUT2D eigenvalue weighted by atomic mass is 16.6. The lowest BCUT2D eigenvalue weighted by Crippen LogP contribution is -2.41. The van der Waals surface area contributed by atoms with Gasteiger partial charge in [-0.25, -0.2) is 0 Å². The van der Waals surface area contributed by atoms with Crippen molar-refractivity contribution in [1.82, 2.24) is 0 Å². The minimum absolute atomic E-state index is 0.0131. The van der Waals surface area contributed by atoms with Gasteiger partial charge >= 0.3 is 0 Å². The second-order valence-electron chi connectivity index (χ2n) is 8.63. The predicted molar refractivity (Wildman–Crippen MR) is 112 cm³/mol. The van der Waals surface area contributed by atoms with E-state index in [9.17, 15) is 9.59 Å². The summed E-state index contributed by atoms with van der Waals surface area (Å²) in [5.74, 6) is 0.706. The van der Waals surface area contributed by atoms with E-state index in [1.807, 2.05) is 24.3 Å². The third kappa shape index (κ3) is 2.43. The molecule has 1 saturated heterocycles. The van der Waals surface area contributed by atoms with Crippen molar-refractivity contribution in [1.29, 1.82) is 0 Å². The normalized spacial score (nSPS) is 32.6. The number of rotatable bonds is 4. The summed E-state index contributed by atoms with van der Waals surface area (Å²) in [5, 5.41) is 4.39. The maximum absolute atomic E-state index is 13.4. The fourth-order valence-corrected chi connectivity index (χ4v) is 6.11. The van der Waals surface area contributed by atoms with Crippen LogP contribution >= 0.6 is 0 Å². The largest absolute Gasteiger partial charge is 0.497 e. The molecule has 2 aliphatic heterocycles. The number of hydrogen-bond acceptors (Lipinski definition) is 6. The Kier molecular flexibility index (Phi) is 3.91. The van der Waals surface area contributed by atoms with Crippen LogP contribution in [0.2, 0.25) is 0 Å². The highest BCUT2D eigenvalue weighted by Crippen LogP contribution is 2.62. The molecular formula is C24H22N2O5. The molecule has 3 fully saturated rings. The molecule has 31 heavy (non-hydrogen) atoms. The Balaban J connectivity index is 1.31. The maximum Gasteiger partial charge on any atom is 0.238 e. The van der Waals surface area contributed by atoms with Gasteiger partial charge in [0.05, 0.1) is 37.5 Å². The second kappa shape index (κ2) is 6.57. The lowest BCUT2D eigenvalue weighted by molar-refractivity contribution is -0.125. The fourth-order valence-electron chi connectivity index (χ4n) is 6.11. The molecule has 2 aromatic carbocycles. The Hall–Kier alpha value is -3.35. The minimum atomic E-state index is -0.328. The monoisotopic (exact) mass is 418 g/mol. The van der Waals surface area contributed by atoms with Crippen LogP contribution in [0.4, 0.5) is 5.69 Å². The molecule has 2 saturated carbocycles. The van der Waals surface area contributed by atoms with E-state index < -0.39 is 0 Å². The Morgan fingerprint density at radius 2 is 1.42 bits per heavy atom. The van der Waals surface area contributed by atoms with Crippen LogP contribution in [0.5, 0.6) is 11.5 Å². The van der Waals surface area contributed by atoms with Crippen LogP contribution in [-0.2, 0) is 14.4 Å². The van der Waals surface area contributed by atoms with E-state index in [-0.39, 0.29) is 47.5 Å². The van der Waals surface area contributed by atoms with E-state index in [2.05, 4.69) is 5.16 Å². The van der Waals surface area contributed by atoms with Crippen LogP contribution in [0.1, 0.15) is 12.0 Å². The minimum Gasteiger partial charge on any atom is -0.497 e. The number of oxime groups is 1. The summed E-state index contributed by atoms with van der Waals surface area (Å²) in [6.45, 7) is 0. The van der Waals surface area contributed by atoms with E-state index in [0.29, 0.717) is 11.4 Å². The van der Waals surface area contributed by atoms with Crippen molar-refractivity contribution < 1.29 is 23.9 Å². The van der Waals surface area contributed by atoms with Gasteiger partial charge in [0.25, 0.3) is 0 Å². The molecule has 158 valence electrons. The van der Waals surface area contributed by atoms with Gasteiger partial charge in [-0.2, -0.15) is 0 Å². The number of amides is 2. The number of imide groups is 1. The highest BCUT2D eigenvalue weighted by Gasteiger charge is 2.70. The van der Waals surface area contributed by atoms with Gasteiger partial charge < -0.3 is 14.3 Å². The summed E-state index contributed by atoms with van der Waals surface area (Å²) in [6.07, 6.45) is 0.684. The number of methoxy groups -OCH3 is 2. The molecule has 0 spiro atoms. The van der Waals surface area contributed by atoms with Gasteiger partial charge in [-0.05, 0) is 60.9 Å². The predicted octanol–water partition coefficient (Wildman–Crippen LogP) is 2.88. The first-order valence-electron chi connectivity index (χ1n) is 10.5. The molecule has 2 aromatic rings. The summed E-state index contributed by atoms with van der Waals surface area (Å²) in [7, 11) is 3.22. The number of fused-ring (bicyclic) bond motifs is 8. The number of ether oxygens (including phenoxy) is 2. The molecule has 6 rings (SSSR count). The summed E-state index contributed by atoms with van der Waals surface area (Å²) < 4.78 is 10.4. The molecule has 0 aromatic heterocycles. The number of anilines is 1. The van der Waals surface area contributed by atoms with Crippen LogP contribution in [0.25, 0.3) is 0 Å². The number of hydrogen-bond donors (Lipinski definition) is 0. The lowest BCUT2D eigenvalue weighted by atomic mass is 9.71. The van der Waals surface area contributed by atoms with Crippen molar-refractivity contribution in [3.8, 4) is 11.5 Å². The van der Waals surface area contributed by atoms with Gasteiger partial charge in [0.15, 0.2) is 0 Å². The molecular weight excluding hydrogens is 396 g/mol. The van der Waals surface area contributed by atoms with Crippen LogP contribution in [-0.4, -0.2) is 37.8 Å². The van der Waals surface area contributed by atoms with Gasteiger partial charge in [-0.3, -0.25) is 14.5 Å². The van der Waals surface area contributed by atoms with E-state index in [4.69, 9.17) is 14.3 Å². The molecule has 2 amide bonds. The van der Waals surface area contributed by atoms with Gasteiger partial charge in [0, 0.05) is 17.4 Å². The molecule has 6 atom stereocenters. The maximum atomic E-state index is 13.4. The van der Waals surface area contributed by atoms with Crippen molar-refractivity contribution >= 4 is 23.2 Å². The molecule has 2 aliphatic carbocycles. The van der Waals surface area contributed by atoms with Gasteiger partial charge in [-0.1, -0.05) is 5.16 Å². The number of benzene rings is 2. The topological polar surface area (TPSA) is 77.4 Å². The summed E-state index contributed by atoms with van der Waals surface area (Å²) in [4.78, 5) is 34.0. The molecule has 4 aliphatic rings. The number of nitrogens with zero attached hydrogens (tertiary/aromatic N) is 2. The first-order valence-corrected chi connectivity index (χ1v) is 10.5. The third-order valence-electron chi connectivity index (χ3n) is 7.41. The average molecular weight is 418 g/mol. The van der Waals surface area contributed by atoms with Crippen molar-refractivity contribution in [2.75, 3.05) is 19.1 Å². The van der Waals surface area contributed by atoms with Gasteiger partial charge in [0.1, 0.15) is 17.6 Å². The lowest BCUT2D eigenvalue weighted by Gasteiger charge is -2.29. The highest BCUT2D eigenvalue weighted by molar-refractivity contribution is 6.23. The van der Waals surface area contributed by atoms with Crippen molar-refractivity contribution in [3.05, 3.63) is 54.1 Å². The number of carbonyl (C=O) groups is 2. The standard InChI is InChI=1S/C24H22N2O5/c1-29-14-7-3-12(4-8-14)21-20-16-11-17(22(20)31-25-21)19-18(16)23(27)26(24(19)28)13-5-9-15(30-2)10-6-13/h3-10,16-20,22H,11H2,1-2H3/t16-,17+,18-,19-,20-,22-/m1/s1. The zero-order valence-corrected chi connectivity index (χ0v) is 17.2. The van der Waals surface area contributed by atoms with Gasteiger partial charge in [-0.15, -0.1) is 0 Å². The van der Waals surface area contributed by atoms with Gasteiger partial charge in [0.2, 0.25) is 11.8 Å². The average Bonchev–Trinajstić information content (AvgIpc) is 3.54. The molecule has 2 heterocycles. The van der Waals surface area contributed by atoms with Crippen molar-refractivity contribution in [3.63, 3.8) is 0 Å². The zero-order valence-electron chi connectivity index (χ0n) is 17.2. The summed E-state index contributed by atoms with van der Waals surface area (Å²) >= 11 is 0. The molecule has 7 heteroatoms. The smallest absolute Gasteiger partial charge is 0.238 e. The Morgan fingerprint density at radius 1 is 0.839 bits per heavy atom. The molecule has 7 nitrogen and oxygen atoms in total. The van der Waals surface area contributed by atoms with Crippen LogP contribution in [0.3, 0.4) is 0 Å². The molecule has 0 N–H and O–H groups in total. The van der Waals surface area contributed by atoms with E-state index in [0.717, 1.165) is 23.4 Å². The van der Waals surface area contributed by atoms with Crippen LogP contribution < -0.4 is 14.4 Å². The molecule has 0 radical (unpaired) electrons. The van der Waals surface area contributed by atoms with Crippen LogP contribution in [0, 0.1) is 29.6 Å². The Morgan fingerprint density at radius 3 is 2.03 bits per heavy atom. The van der Waals surface area contributed by atoms with E-state index in [1.54, 1.807) is 38.5 Å². The Bertz CT molecular complexity index is 1090. The molecule has 2 bridgehead atoms. The third-order valence-corrected chi connectivity index (χ3v) is 7.41. The van der Waals surface area contributed by atoms with E-state index in [1.165, 1.54) is 4.90 Å². The summed E-state index contributed by atoms with van der Waals surface area (Å²) in [5.41, 5.74) is 2.45. The first-order chi connectivity index (χ1) is 15.1. The first kappa shape index (κ1) is 18.4. The van der Waals surface area contributed by atoms with Crippen molar-refractivity contribution in [2.24, 2.45) is 34.7 Å². The second-order valence-corrected chi connectivity index (χ2v) is 8.63. The molecule has 0 unspecified atom stereocenters. The van der Waals surface area contributed by atoms with Crippen molar-refractivity contribution in [2.45, 2.75) is 12.5 Å². The fraction of sp³-hybridized carbons (Fsp3) is 0.375. The van der Waals surface area contributed by atoms with E-state index >= 15 is 0 Å². The van der Waals surface area contributed by atoms with Crippen LogP contribution in [0.15, 0.2) is 53.7 Å². The number of carbonyl (C=O) groups excluding carboxylic acids is 2. The quantitative estimate of drug-likeness (QED) is 0.714. The summed E-state index contributed by atoms with van der Waals surface area (Å²) in [6, 6.07) is 14.8. The SMILES string of the molecule is COc1ccc(C2=NO[C@@H]3[C@H]4C[C@H]([C@H]5C(=O)N(c6ccc(OC)cc6)C(=O)[C@H]45)[C@H]23)cc1.